The SMILES string of the molecule is CCC(C)c1cc(C(c2ccc(O)c(C(C)CC)c2)c2cc(C34CC5CC(C3)CC(c3cc(C(C)C)c(O)c(C(c6ccc(O)c(C(C)CC)c6)c6ccc(O)c(C(C)CC)c6)c3)(C5)C4)cc(C(C)C)c2O)ccc1O. The van der Waals surface area contributed by atoms with E-state index in [0.717, 1.165) is 125 Å². The molecule has 4 aliphatic carbocycles. The van der Waals surface area contributed by atoms with Gasteiger partial charge in [-0.3, -0.25) is 0 Å². The van der Waals surface area contributed by atoms with Crippen molar-refractivity contribution < 1.29 is 30.6 Å². The zero-order valence-electron chi connectivity index (χ0n) is 47.8. The van der Waals surface area contributed by atoms with Gasteiger partial charge in [0.25, 0.3) is 0 Å². The first-order valence-electron chi connectivity index (χ1n) is 29.2. The minimum absolute atomic E-state index is 0.0415. The topological polar surface area (TPSA) is 121 Å². The van der Waals surface area contributed by atoms with E-state index < -0.39 is 0 Å². The second kappa shape index (κ2) is 21.5. The van der Waals surface area contributed by atoms with Crippen molar-refractivity contribution in [3.63, 3.8) is 0 Å². The largest absolute Gasteiger partial charge is 0.508 e. The highest BCUT2D eigenvalue weighted by Crippen LogP contribution is 2.67. The third-order valence-corrected chi connectivity index (χ3v) is 19.6. The number of aromatic hydroxyl groups is 6. The predicted octanol–water partition coefficient (Wildman–Crippen LogP) is 18.4. The van der Waals surface area contributed by atoms with Gasteiger partial charge in [0.2, 0.25) is 0 Å². The van der Waals surface area contributed by atoms with Crippen LogP contribution in [0, 0.1) is 11.8 Å². The van der Waals surface area contributed by atoms with Crippen molar-refractivity contribution in [3.05, 3.63) is 175 Å². The van der Waals surface area contributed by atoms with Gasteiger partial charge in [-0.1, -0.05) is 156 Å². The summed E-state index contributed by atoms with van der Waals surface area (Å²) in [6.45, 7) is 25.9. The maximum atomic E-state index is 12.8. The molecule has 4 bridgehead atoms. The Balaban J connectivity index is 1.25. The summed E-state index contributed by atoms with van der Waals surface area (Å²) in [6, 6.07) is 33.4. The van der Waals surface area contributed by atoms with Crippen LogP contribution in [0.4, 0.5) is 0 Å². The van der Waals surface area contributed by atoms with Crippen LogP contribution in [0.3, 0.4) is 0 Å². The van der Waals surface area contributed by atoms with E-state index in [9.17, 15) is 30.6 Å². The number of hydrogen-bond donors (Lipinski definition) is 6. The van der Waals surface area contributed by atoms with Crippen molar-refractivity contribution >= 4 is 0 Å². The van der Waals surface area contributed by atoms with E-state index in [1.165, 1.54) is 17.5 Å². The van der Waals surface area contributed by atoms with Crippen LogP contribution < -0.4 is 0 Å². The number of benzene rings is 6. The summed E-state index contributed by atoms with van der Waals surface area (Å²) in [5.74, 6) is 2.60. The van der Waals surface area contributed by atoms with Crippen LogP contribution in [-0.2, 0) is 10.8 Å². The van der Waals surface area contributed by atoms with Crippen molar-refractivity contribution in [2.45, 2.75) is 205 Å². The molecule has 0 aliphatic heterocycles. The zero-order chi connectivity index (χ0) is 54.7. The van der Waals surface area contributed by atoms with E-state index in [1.54, 1.807) is 0 Å². The Labute approximate surface area is 455 Å². The minimum Gasteiger partial charge on any atom is -0.508 e. The van der Waals surface area contributed by atoms with Crippen LogP contribution in [0.5, 0.6) is 34.5 Å². The number of rotatable bonds is 18. The molecule has 6 aromatic carbocycles. The predicted molar refractivity (Wildman–Crippen MR) is 312 cm³/mol. The number of hydrogen-bond acceptors (Lipinski definition) is 6. The molecule has 404 valence electrons. The van der Waals surface area contributed by atoms with Gasteiger partial charge in [0.1, 0.15) is 34.5 Å². The molecule has 4 unspecified atom stereocenters. The van der Waals surface area contributed by atoms with E-state index >= 15 is 0 Å². The lowest BCUT2D eigenvalue weighted by molar-refractivity contribution is -0.0282. The molecule has 0 amide bonds. The molecule has 6 heteroatoms. The molecule has 0 heterocycles. The Bertz CT molecular complexity index is 2750. The highest BCUT2D eigenvalue weighted by Gasteiger charge is 2.59. The molecule has 6 aromatic rings. The molecule has 0 aromatic heterocycles. The van der Waals surface area contributed by atoms with Gasteiger partial charge in [-0.2, -0.15) is 0 Å². The van der Waals surface area contributed by atoms with Crippen molar-refractivity contribution in [1.82, 2.24) is 0 Å². The van der Waals surface area contributed by atoms with E-state index in [0.29, 0.717) is 23.3 Å². The zero-order valence-corrected chi connectivity index (χ0v) is 47.8. The average molecular weight is 1030 g/mol. The second-order valence-corrected chi connectivity index (χ2v) is 25.2. The van der Waals surface area contributed by atoms with Crippen LogP contribution in [0.1, 0.15) is 273 Å². The van der Waals surface area contributed by atoms with Gasteiger partial charge in [0.05, 0.1) is 0 Å². The lowest BCUT2D eigenvalue weighted by Crippen LogP contribution is -2.56. The third kappa shape index (κ3) is 9.89. The summed E-state index contributed by atoms with van der Waals surface area (Å²) in [7, 11) is 0. The van der Waals surface area contributed by atoms with Gasteiger partial charge in [-0.15, -0.1) is 0 Å². The summed E-state index contributed by atoms with van der Waals surface area (Å²) in [4.78, 5) is 0. The first-order valence-corrected chi connectivity index (χ1v) is 29.2. The van der Waals surface area contributed by atoms with Gasteiger partial charge in [0.15, 0.2) is 0 Å². The van der Waals surface area contributed by atoms with Gasteiger partial charge in [-0.05, 0) is 213 Å². The van der Waals surface area contributed by atoms with Crippen LogP contribution in [0.2, 0.25) is 0 Å². The molecule has 76 heavy (non-hydrogen) atoms. The Hall–Kier alpha value is -5.88. The second-order valence-electron chi connectivity index (χ2n) is 25.2. The Kier molecular flexibility index (Phi) is 15.5. The summed E-state index contributed by atoms with van der Waals surface area (Å²) in [5, 5.41) is 70.8. The quantitative estimate of drug-likeness (QED) is 0.0477. The molecule has 4 fully saturated rings. The first kappa shape index (κ1) is 54.9. The molecule has 0 spiro atoms. The molecule has 4 saturated carbocycles. The average Bonchev–Trinajstić information content (AvgIpc) is 3.50. The smallest absolute Gasteiger partial charge is 0.123 e. The number of phenolic OH excluding ortho intramolecular Hbond substituents is 6. The normalized spacial score (nSPS) is 22.4. The lowest BCUT2D eigenvalue weighted by atomic mass is 9.41. The highest BCUT2D eigenvalue weighted by atomic mass is 16.3. The summed E-state index contributed by atoms with van der Waals surface area (Å²) in [5.41, 5.74) is 13.4. The van der Waals surface area contributed by atoms with E-state index in [2.05, 4.69) is 132 Å². The van der Waals surface area contributed by atoms with Gasteiger partial charge in [0, 0.05) is 23.0 Å². The molecular weight excluding hydrogens is 937 g/mol. The minimum atomic E-state index is -0.376. The van der Waals surface area contributed by atoms with E-state index in [-0.39, 0.29) is 81.2 Å². The Morgan fingerprint density at radius 1 is 0.368 bits per heavy atom. The first-order chi connectivity index (χ1) is 36.2. The highest BCUT2D eigenvalue weighted by molar-refractivity contribution is 5.61. The fraction of sp³-hybridized carbons (Fsp3) is 0.486. The van der Waals surface area contributed by atoms with Crippen molar-refractivity contribution in [3.8, 4) is 34.5 Å². The molecule has 0 radical (unpaired) electrons. The van der Waals surface area contributed by atoms with E-state index in [4.69, 9.17) is 0 Å². The van der Waals surface area contributed by atoms with E-state index in [1.807, 2.05) is 48.5 Å². The number of phenols is 6. The van der Waals surface area contributed by atoms with Crippen LogP contribution in [-0.4, -0.2) is 30.6 Å². The molecule has 4 atom stereocenters. The lowest BCUT2D eigenvalue weighted by Gasteiger charge is -2.63. The maximum absolute atomic E-state index is 12.8. The van der Waals surface area contributed by atoms with Crippen LogP contribution >= 0.6 is 0 Å². The van der Waals surface area contributed by atoms with Crippen LogP contribution in [0.15, 0.2) is 97.1 Å². The third-order valence-electron chi connectivity index (χ3n) is 19.6. The fourth-order valence-corrected chi connectivity index (χ4v) is 14.8. The van der Waals surface area contributed by atoms with Gasteiger partial charge >= 0.3 is 0 Å². The van der Waals surface area contributed by atoms with Gasteiger partial charge in [-0.25, -0.2) is 0 Å². The molecule has 4 aliphatic rings. The summed E-state index contributed by atoms with van der Waals surface area (Å²) < 4.78 is 0. The molecule has 6 N–H and O–H groups in total. The fourth-order valence-electron chi connectivity index (χ4n) is 14.8. The summed E-state index contributed by atoms with van der Waals surface area (Å²) >= 11 is 0. The Morgan fingerprint density at radius 2 is 0.632 bits per heavy atom. The summed E-state index contributed by atoms with van der Waals surface area (Å²) in [6.07, 6.45) is 9.96. The molecular formula is C70H88O6. The van der Waals surface area contributed by atoms with Gasteiger partial charge < -0.3 is 30.6 Å². The standard InChI is InChI=1S/C70H88O6/c1-13-41(9)55-26-47(17-21-61(55)71)65(48-18-22-62(72)56(27-48)42(10)14-2)59-32-51(30-53(39(5)6)67(59)75)69-34-45-25-46(35-69)37-70(36-45,38-69)52-31-54(40(7)8)68(76)60(33-52)66(49-19-23-63(73)57(28-49)43(11)15-3)50-20-24-64(74)58(29-50)44(12)16-4/h17-24,26-33,39-46,65-66,71-76H,13-16,25,34-38H2,1-12H3. The van der Waals surface area contributed by atoms with Crippen LogP contribution in [0.25, 0.3) is 0 Å². The monoisotopic (exact) mass is 1020 g/mol. The molecule has 0 saturated heterocycles. The molecule has 6 nitrogen and oxygen atoms in total. The van der Waals surface area contributed by atoms with Crippen molar-refractivity contribution in [2.75, 3.05) is 0 Å². The van der Waals surface area contributed by atoms with Crippen molar-refractivity contribution in [2.24, 2.45) is 11.8 Å². The Morgan fingerprint density at radius 3 is 0.882 bits per heavy atom. The van der Waals surface area contributed by atoms with Crippen molar-refractivity contribution in [1.29, 1.82) is 0 Å². The molecule has 10 rings (SSSR count). The maximum Gasteiger partial charge on any atom is 0.123 e.